The highest BCUT2D eigenvalue weighted by Gasteiger charge is 2.16. The highest BCUT2D eigenvalue weighted by molar-refractivity contribution is 9.13. The van der Waals surface area contributed by atoms with Crippen LogP contribution in [0.5, 0.6) is 0 Å². The second kappa shape index (κ2) is 8.94. The van der Waals surface area contributed by atoms with Crippen molar-refractivity contribution >= 4 is 69.7 Å². The summed E-state index contributed by atoms with van der Waals surface area (Å²) in [5.41, 5.74) is 2.49. The molecule has 138 valence electrons. The summed E-state index contributed by atoms with van der Waals surface area (Å²) in [4.78, 5) is 21.4. The predicted molar refractivity (Wildman–Crippen MR) is 120 cm³/mol. The number of aromatic nitrogens is 2. The Balaban J connectivity index is 2.17. The molecule has 4 nitrogen and oxygen atoms in total. The van der Waals surface area contributed by atoms with Gasteiger partial charge in [-0.3, -0.25) is 0 Å². The molecule has 0 radical (unpaired) electrons. The number of hydrogen-bond donors (Lipinski definition) is 0. The van der Waals surface area contributed by atoms with Crippen LogP contribution in [-0.4, -0.2) is 22.5 Å². The van der Waals surface area contributed by atoms with E-state index < -0.39 is 5.97 Å². The summed E-state index contributed by atoms with van der Waals surface area (Å²) in [6.45, 7) is 2.04. The molecule has 0 saturated heterocycles. The SMILES string of the molecule is CCOC(=O)c1cc(-c2ccc(Br)c(Br)c2)nc(-c2ccc(Br)c(Br)c2)n1. The standard InChI is InChI=1S/C19H12Br4N2O2/c1-2-27-19(26)17-9-16(10-3-5-12(20)14(22)7-10)24-18(25-17)11-4-6-13(21)15(23)8-11/h3-9H,2H2,1H3. The third kappa shape index (κ3) is 4.85. The molecule has 2 aromatic carbocycles. The Morgan fingerprint density at radius 2 is 1.44 bits per heavy atom. The Labute approximate surface area is 190 Å². The van der Waals surface area contributed by atoms with Gasteiger partial charge in [0.2, 0.25) is 0 Å². The first-order chi connectivity index (χ1) is 12.9. The average molecular weight is 620 g/mol. The maximum atomic E-state index is 12.3. The van der Waals surface area contributed by atoms with Crippen molar-refractivity contribution in [2.24, 2.45) is 0 Å². The van der Waals surface area contributed by atoms with Crippen LogP contribution in [0, 0.1) is 0 Å². The topological polar surface area (TPSA) is 52.1 Å². The largest absolute Gasteiger partial charge is 0.461 e. The molecule has 8 heteroatoms. The number of carbonyl (C=O) groups is 1. The van der Waals surface area contributed by atoms with Crippen molar-refractivity contribution in [3.8, 4) is 22.6 Å². The van der Waals surface area contributed by atoms with Gasteiger partial charge in [-0.2, -0.15) is 0 Å². The van der Waals surface area contributed by atoms with Gasteiger partial charge < -0.3 is 4.74 Å². The van der Waals surface area contributed by atoms with Gasteiger partial charge in [-0.1, -0.05) is 6.07 Å². The summed E-state index contributed by atoms with van der Waals surface area (Å²) >= 11 is 13.9. The molecule has 0 N–H and O–H groups in total. The van der Waals surface area contributed by atoms with Crippen LogP contribution in [0.25, 0.3) is 22.6 Å². The van der Waals surface area contributed by atoms with Gasteiger partial charge in [-0.05, 0) is 107 Å². The molecule has 0 aliphatic heterocycles. The van der Waals surface area contributed by atoms with E-state index in [-0.39, 0.29) is 12.3 Å². The maximum Gasteiger partial charge on any atom is 0.357 e. The zero-order chi connectivity index (χ0) is 19.6. The molecule has 3 aromatic rings. The Hall–Kier alpha value is -1.09. The van der Waals surface area contributed by atoms with E-state index in [0.717, 1.165) is 29.0 Å². The number of hydrogen-bond acceptors (Lipinski definition) is 4. The zero-order valence-electron chi connectivity index (χ0n) is 14.0. The Morgan fingerprint density at radius 1 is 0.852 bits per heavy atom. The van der Waals surface area contributed by atoms with Crippen LogP contribution in [0.1, 0.15) is 17.4 Å². The molecular formula is C19H12Br4N2O2. The van der Waals surface area contributed by atoms with Gasteiger partial charge in [-0.25, -0.2) is 14.8 Å². The Kier molecular flexibility index (Phi) is 6.83. The molecule has 3 rings (SSSR count). The molecule has 0 aliphatic rings. The van der Waals surface area contributed by atoms with Crippen molar-refractivity contribution in [3.05, 3.63) is 66.0 Å². The lowest BCUT2D eigenvalue weighted by molar-refractivity contribution is 0.0519. The van der Waals surface area contributed by atoms with Crippen molar-refractivity contribution in [1.29, 1.82) is 0 Å². The lowest BCUT2D eigenvalue weighted by Crippen LogP contribution is -2.09. The minimum absolute atomic E-state index is 0.218. The number of benzene rings is 2. The fraction of sp³-hybridized carbons (Fsp3) is 0.105. The summed E-state index contributed by atoms with van der Waals surface area (Å²) in [6, 6.07) is 13.1. The number of rotatable bonds is 4. The van der Waals surface area contributed by atoms with Crippen LogP contribution in [0.4, 0.5) is 0 Å². The van der Waals surface area contributed by atoms with Crippen molar-refractivity contribution < 1.29 is 9.53 Å². The summed E-state index contributed by atoms with van der Waals surface area (Å²) in [5, 5.41) is 0. The molecule has 0 saturated carbocycles. The van der Waals surface area contributed by atoms with E-state index in [9.17, 15) is 4.79 Å². The normalized spacial score (nSPS) is 10.7. The Bertz CT molecular complexity index is 955. The molecule has 0 atom stereocenters. The van der Waals surface area contributed by atoms with E-state index in [2.05, 4.69) is 73.7 Å². The highest BCUT2D eigenvalue weighted by Crippen LogP contribution is 2.31. The van der Waals surface area contributed by atoms with Crippen molar-refractivity contribution in [2.45, 2.75) is 6.92 Å². The predicted octanol–water partition coefficient (Wildman–Crippen LogP) is 7.04. The molecule has 1 heterocycles. The molecule has 0 unspecified atom stereocenters. The van der Waals surface area contributed by atoms with E-state index in [4.69, 9.17) is 4.74 Å². The van der Waals surface area contributed by atoms with E-state index in [1.54, 1.807) is 13.0 Å². The summed E-state index contributed by atoms with van der Waals surface area (Å²) < 4.78 is 8.75. The zero-order valence-corrected chi connectivity index (χ0v) is 20.3. The van der Waals surface area contributed by atoms with E-state index in [0.29, 0.717) is 11.5 Å². The molecular weight excluding hydrogens is 608 g/mol. The average Bonchev–Trinajstić information content (AvgIpc) is 2.66. The van der Waals surface area contributed by atoms with Gasteiger partial charge in [0.25, 0.3) is 0 Å². The van der Waals surface area contributed by atoms with Gasteiger partial charge in [0.05, 0.1) is 12.3 Å². The lowest BCUT2D eigenvalue weighted by atomic mass is 10.1. The summed E-state index contributed by atoms with van der Waals surface area (Å²) in [5.74, 6) is -0.0300. The second-order valence-electron chi connectivity index (χ2n) is 5.44. The van der Waals surface area contributed by atoms with E-state index in [1.165, 1.54) is 0 Å². The smallest absolute Gasteiger partial charge is 0.357 e. The monoisotopic (exact) mass is 616 g/mol. The quantitative estimate of drug-likeness (QED) is 0.294. The van der Waals surface area contributed by atoms with Gasteiger partial charge in [0, 0.05) is 29.0 Å². The number of halogens is 4. The molecule has 0 bridgehead atoms. The third-order valence-corrected chi connectivity index (χ3v) is 7.36. The van der Waals surface area contributed by atoms with E-state index in [1.807, 2.05) is 36.4 Å². The van der Waals surface area contributed by atoms with Gasteiger partial charge >= 0.3 is 5.97 Å². The van der Waals surface area contributed by atoms with Crippen molar-refractivity contribution in [2.75, 3.05) is 6.61 Å². The number of ether oxygens (including phenoxy) is 1. The van der Waals surface area contributed by atoms with Crippen molar-refractivity contribution in [1.82, 2.24) is 9.97 Å². The third-order valence-electron chi connectivity index (χ3n) is 3.60. The lowest BCUT2D eigenvalue weighted by Gasteiger charge is -2.10. The van der Waals surface area contributed by atoms with Crippen LogP contribution in [0.15, 0.2) is 60.4 Å². The second-order valence-corrected chi connectivity index (χ2v) is 8.86. The fourth-order valence-electron chi connectivity index (χ4n) is 2.32. The van der Waals surface area contributed by atoms with Gasteiger partial charge in [-0.15, -0.1) is 0 Å². The minimum Gasteiger partial charge on any atom is -0.461 e. The molecule has 0 aliphatic carbocycles. The van der Waals surface area contributed by atoms with Gasteiger partial charge in [0.15, 0.2) is 11.5 Å². The number of nitrogens with zero attached hydrogens (tertiary/aromatic N) is 2. The fourth-order valence-corrected chi connectivity index (χ4v) is 3.58. The summed E-state index contributed by atoms with van der Waals surface area (Å²) in [6.07, 6.45) is 0. The first-order valence-electron chi connectivity index (χ1n) is 7.86. The maximum absolute atomic E-state index is 12.3. The van der Waals surface area contributed by atoms with Crippen LogP contribution in [0.2, 0.25) is 0 Å². The molecule has 1 aromatic heterocycles. The van der Waals surface area contributed by atoms with Crippen molar-refractivity contribution in [3.63, 3.8) is 0 Å². The molecule has 27 heavy (non-hydrogen) atoms. The van der Waals surface area contributed by atoms with Crippen LogP contribution in [0.3, 0.4) is 0 Å². The number of carbonyl (C=O) groups excluding carboxylic acids is 1. The van der Waals surface area contributed by atoms with Gasteiger partial charge in [0.1, 0.15) is 0 Å². The van der Waals surface area contributed by atoms with Crippen LogP contribution < -0.4 is 0 Å². The molecule has 0 fully saturated rings. The summed E-state index contributed by atoms with van der Waals surface area (Å²) in [7, 11) is 0. The Morgan fingerprint density at radius 3 is 2.04 bits per heavy atom. The number of esters is 1. The minimum atomic E-state index is -0.477. The van der Waals surface area contributed by atoms with Crippen LogP contribution in [-0.2, 0) is 4.74 Å². The first-order valence-corrected chi connectivity index (χ1v) is 11.0. The molecule has 0 amide bonds. The van der Waals surface area contributed by atoms with Crippen LogP contribution >= 0.6 is 63.7 Å². The van der Waals surface area contributed by atoms with E-state index >= 15 is 0 Å². The molecule has 0 spiro atoms. The first kappa shape index (κ1) is 20.6. The highest BCUT2D eigenvalue weighted by atomic mass is 79.9.